The third-order valence-electron chi connectivity index (χ3n) is 4.75. The summed E-state index contributed by atoms with van der Waals surface area (Å²) in [4.78, 5) is 19.3. The zero-order chi connectivity index (χ0) is 21.6. The van der Waals surface area contributed by atoms with Crippen LogP contribution in [0.15, 0.2) is 66.0 Å². The fourth-order valence-electron chi connectivity index (χ4n) is 3.24. The van der Waals surface area contributed by atoms with Crippen LogP contribution >= 0.6 is 24.0 Å². The van der Waals surface area contributed by atoms with Crippen molar-refractivity contribution in [2.24, 2.45) is 0 Å². The highest BCUT2D eigenvalue weighted by molar-refractivity contribution is 8.26. The molecule has 0 saturated carbocycles. The minimum Gasteiger partial charge on any atom is -0.382 e. The van der Waals surface area contributed by atoms with E-state index in [-0.39, 0.29) is 5.91 Å². The van der Waals surface area contributed by atoms with Gasteiger partial charge < -0.3 is 4.74 Å². The van der Waals surface area contributed by atoms with Crippen molar-refractivity contribution in [2.75, 3.05) is 19.8 Å². The van der Waals surface area contributed by atoms with Gasteiger partial charge in [0.1, 0.15) is 10.0 Å². The van der Waals surface area contributed by atoms with Crippen molar-refractivity contribution in [1.82, 2.24) is 19.7 Å². The fraction of sp³-hybridized carbons (Fsp3) is 0.217. The molecule has 0 aliphatic carbocycles. The maximum absolute atomic E-state index is 13.0. The van der Waals surface area contributed by atoms with Gasteiger partial charge in [0.25, 0.3) is 5.91 Å². The quantitative estimate of drug-likeness (QED) is 0.285. The number of pyridine rings is 1. The van der Waals surface area contributed by atoms with Crippen molar-refractivity contribution in [1.29, 1.82) is 0 Å². The first-order chi connectivity index (χ1) is 15.2. The third kappa shape index (κ3) is 4.92. The molecular weight excluding hydrogens is 428 g/mol. The lowest BCUT2D eigenvalue weighted by molar-refractivity contribution is -0.122. The third-order valence-corrected chi connectivity index (χ3v) is 6.13. The van der Waals surface area contributed by atoms with Crippen LogP contribution in [0.2, 0.25) is 0 Å². The maximum atomic E-state index is 13.0. The Bertz CT molecular complexity index is 1100. The number of carbonyl (C=O) groups excluding carboxylic acids is 1. The number of amides is 1. The highest BCUT2D eigenvalue weighted by atomic mass is 32.2. The lowest BCUT2D eigenvalue weighted by Crippen LogP contribution is -2.29. The van der Waals surface area contributed by atoms with Gasteiger partial charge in [0.2, 0.25) is 0 Å². The van der Waals surface area contributed by atoms with E-state index in [1.165, 1.54) is 11.8 Å². The second-order valence-corrected chi connectivity index (χ2v) is 8.51. The Labute approximate surface area is 190 Å². The summed E-state index contributed by atoms with van der Waals surface area (Å²) in [6.07, 6.45) is 8.04. The molecular formula is C23H22N4O2S2. The number of hydrogen-bond donors (Lipinski definition) is 0. The van der Waals surface area contributed by atoms with Crippen LogP contribution in [0.4, 0.5) is 0 Å². The summed E-state index contributed by atoms with van der Waals surface area (Å²) in [6.45, 7) is 3.80. The van der Waals surface area contributed by atoms with Crippen molar-refractivity contribution in [3.8, 4) is 16.9 Å². The number of thiocarbonyl (C=S) groups is 1. The molecule has 1 aliphatic rings. The van der Waals surface area contributed by atoms with Gasteiger partial charge in [-0.25, -0.2) is 4.68 Å². The van der Waals surface area contributed by atoms with Crippen LogP contribution in [-0.4, -0.2) is 49.7 Å². The van der Waals surface area contributed by atoms with E-state index in [0.29, 0.717) is 29.0 Å². The van der Waals surface area contributed by atoms with Crippen LogP contribution in [0, 0.1) is 0 Å². The molecule has 0 bridgehead atoms. The molecule has 6 nitrogen and oxygen atoms in total. The minimum absolute atomic E-state index is 0.0698. The first-order valence-electron chi connectivity index (χ1n) is 10.1. The molecule has 3 heterocycles. The second kappa shape index (κ2) is 10.00. The van der Waals surface area contributed by atoms with Gasteiger partial charge in [0.05, 0.1) is 10.6 Å². The van der Waals surface area contributed by atoms with E-state index in [2.05, 4.69) is 4.98 Å². The first kappa shape index (κ1) is 21.4. The molecule has 0 N–H and O–H groups in total. The van der Waals surface area contributed by atoms with Crippen molar-refractivity contribution in [3.63, 3.8) is 0 Å². The normalized spacial score (nSPS) is 15.3. The van der Waals surface area contributed by atoms with E-state index in [1.807, 2.05) is 66.3 Å². The Balaban J connectivity index is 1.65. The summed E-state index contributed by atoms with van der Waals surface area (Å²) < 4.78 is 7.78. The number of benzene rings is 1. The molecule has 158 valence electrons. The molecule has 0 atom stereocenters. The van der Waals surface area contributed by atoms with Crippen LogP contribution in [0.1, 0.15) is 18.9 Å². The maximum Gasteiger partial charge on any atom is 0.266 e. The molecule has 1 fully saturated rings. The predicted octanol–water partition coefficient (Wildman–Crippen LogP) is 4.56. The number of para-hydroxylation sites is 1. The zero-order valence-electron chi connectivity index (χ0n) is 17.1. The number of rotatable bonds is 8. The summed E-state index contributed by atoms with van der Waals surface area (Å²) in [5.41, 5.74) is 3.52. The fourth-order valence-corrected chi connectivity index (χ4v) is 4.54. The monoisotopic (exact) mass is 450 g/mol. The van der Waals surface area contributed by atoms with E-state index in [4.69, 9.17) is 22.1 Å². The van der Waals surface area contributed by atoms with Gasteiger partial charge in [0.15, 0.2) is 0 Å². The first-order valence-corrected chi connectivity index (χ1v) is 11.3. The standard InChI is InChI=1S/C23H22N4O2S2/c1-2-29-14-6-13-26-22(28)20(31-23(26)30)15-18-16-27(19-7-4-3-5-8-19)25-21(18)17-9-11-24-12-10-17/h3-5,7-12,15-16H,2,6,13-14H2,1H3. The molecule has 3 aromatic rings. The number of thioether (sulfide) groups is 1. The average molecular weight is 451 g/mol. The Morgan fingerprint density at radius 1 is 1.16 bits per heavy atom. The predicted molar refractivity (Wildman–Crippen MR) is 128 cm³/mol. The van der Waals surface area contributed by atoms with Crippen LogP contribution in [0.5, 0.6) is 0 Å². The molecule has 1 aliphatic heterocycles. The SMILES string of the molecule is CCOCCCN1C(=O)C(=Cc2cn(-c3ccccc3)nc2-c2ccncc2)SC1=S. The number of carbonyl (C=O) groups is 1. The molecule has 1 aromatic carbocycles. The summed E-state index contributed by atoms with van der Waals surface area (Å²) in [6, 6.07) is 13.7. The number of nitrogens with zero attached hydrogens (tertiary/aromatic N) is 4. The van der Waals surface area contributed by atoms with Crippen molar-refractivity contribution < 1.29 is 9.53 Å². The van der Waals surface area contributed by atoms with Gasteiger partial charge in [-0.05, 0) is 43.7 Å². The summed E-state index contributed by atoms with van der Waals surface area (Å²) in [5.74, 6) is -0.0698. The molecule has 1 amide bonds. The molecule has 0 spiro atoms. The van der Waals surface area contributed by atoms with Crippen LogP contribution < -0.4 is 0 Å². The van der Waals surface area contributed by atoms with E-state index in [9.17, 15) is 4.79 Å². The van der Waals surface area contributed by atoms with Crippen molar-refractivity contribution in [3.05, 3.63) is 71.5 Å². The van der Waals surface area contributed by atoms with Gasteiger partial charge in [-0.3, -0.25) is 14.7 Å². The Morgan fingerprint density at radius 2 is 1.94 bits per heavy atom. The summed E-state index contributed by atoms with van der Waals surface area (Å²) >= 11 is 6.78. The smallest absolute Gasteiger partial charge is 0.266 e. The molecule has 0 unspecified atom stereocenters. The Hall–Kier alpha value is -2.81. The van der Waals surface area contributed by atoms with Gasteiger partial charge >= 0.3 is 0 Å². The van der Waals surface area contributed by atoms with Gasteiger partial charge in [0, 0.05) is 49.5 Å². The van der Waals surface area contributed by atoms with Crippen LogP contribution in [0.3, 0.4) is 0 Å². The van der Waals surface area contributed by atoms with Gasteiger partial charge in [-0.1, -0.05) is 42.2 Å². The number of ether oxygens (including phenoxy) is 1. The molecule has 1 saturated heterocycles. The lowest BCUT2D eigenvalue weighted by atomic mass is 10.1. The zero-order valence-corrected chi connectivity index (χ0v) is 18.7. The summed E-state index contributed by atoms with van der Waals surface area (Å²) in [7, 11) is 0. The largest absolute Gasteiger partial charge is 0.382 e. The van der Waals surface area contributed by atoms with Crippen LogP contribution in [0.25, 0.3) is 23.0 Å². The van der Waals surface area contributed by atoms with Gasteiger partial charge in [-0.15, -0.1) is 0 Å². The van der Waals surface area contributed by atoms with E-state index < -0.39 is 0 Å². The van der Waals surface area contributed by atoms with E-state index >= 15 is 0 Å². The molecule has 4 rings (SSSR count). The average Bonchev–Trinajstić information content (AvgIpc) is 3.34. The molecule has 8 heteroatoms. The highest BCUT2D eigenvalue weighted by Crippen LogP contribution is 2.34. The van der Waals surface area contributed by atoms with Crippen molar-refractivity contribution in [2.45, 2.75) is 13.3 Å². The van der Waals surface area contributed by atoms with Gasteiger partial charge in [-0.2, -0.15) is 5.10 Å². The van der Waals surface area contributed by atoms with Crippen molar-refractivity contribution >= 4 is 40.3 Å². The minimum atomic E-state index is -0.0698. The Morgan fingerprint density at radius 3 is 2.68 bits per heavy atom. The molecule has 0 radical (unpaired) electrons. The van der Waals surface area contributed by atoms with E-state index in [1.54, 1.807) is 17.3 Å². The summed E-state index contributed by atoms with van der Waals surface area (Å²) in [5, 5.41) is 4.79. The number of hydrogen-bond acceptors (Lipinski definition) is 6. The van der Waals surface area contributed by atoms with E-state index in [0.717, 1.165) is 28.9 Å². The van der Waals surface area contributed by atoms with Crippen LogP contribution in [-0.2, 0) is 9.53 Å². The second-order valence-electron chi connectivity index (χ2n) is 6.83. The highest BCUT2D eigenvalue weighted by Gasteiger charge is 2.32. The Kier molecular flexibility index (Phi) is 6.91. The number of aromatic nitrogens is 3. The molecule has 31 heavy (non-hydrogen) atoms. The topological polar surface area (TPSA) is 60.2 Å². The molecule has 2 aromatic heterocycles. The lowest BCUT2D eigenvalue weighted by Gasteiger charge is -2.13.